The highest BCUT2D eigenvalue weighted by Gasteiger charge is 2.14. The quantitative estimate of drug-likeness (QED) is 0.0283. The lowest BCUT2D eigenvalue weighted by Crippen LogP contribution is -2.35. The van der Waals surface area contributed by atoms with Gasteiger partial charge in [0.1, 0.15) is 26.8 Å². The van der Waals surface area contributed by atoms with Crippen LogP contribution in [0.1, 0.15) is 83.8 Å². The number of nitrogens with zero attached hydrogens (tertiary/aromatic N) is 3. The van der Waals surface area contributed by atoms with E-state index in [0.717, 1.165) is 81.2 Å². The van der Waals surface area contributed by atoms with Crippen molar-refractivity contribution >= 4 is 67.3 Å². The number of ether oxygens (including phenoxy) is 8. The van der Waals surface area contributed by atoms with Gasteiger partial charge in [0, 0.05) is 115 Å². The summed E-state index contributed by atoms with van der Waals surface area (Å²) >= 11 is 0. The molecule has 0 bridgehead atoms. The molecule has 2 N–H and O–H groups in total. The second-order valence-electron chi connectivity index (χ2n) is 15.8. The third-order valence-corrected chi connectivity index (χ3v) is 14.7. The summed E-state index contributed by atoms with van der Waals surface area (Å²) in [7, 11) is 6.92. The first-order valence-electron chi connectivity index (χ1n) is 24.9. The largest absolute Gasteiger partial charge is 0.508 e. The van der Waals surface area contributed by atoms with Crippen LogP contribution in [0.15, 0.2) is 24.3 Å². The molecule has 0 heterocycles. The van der Waals surface area contributed by atoms with Gasteiger partial charge < -0.3 is 53.4 Å². The second-order valence-corrected chi connectivity index (χ2v) is 21.2. The minimum absolute atomic E-state index is 0.00365. The van der Waals surface area contributed by atoms with Crippen LogP contribution in [0.3, 0.4) is 0 Å². The number of aryl methyl sites for hydroxylation is 2. The summed E-state index contributed by atoms with van der Waals surface area (Å²) in [4.78, 5) is 56.0. The third kappa shape index (κ3) is 41.0. The molecule has 400 valence electrons. The molecule has 2 amide bonds. The minimum atomic E-state index is -0.643. The average Bonchev–Trinajstić information content (AvgIpc) is 3.34. The van der Waals surface area contributed by atoms with Crippen molar-refractivity contribution in [1.29, 1.82) is 0 Å². The van der Waals surface area contributed by atoms with Gasteiger partial charge in [0.2, 0.25) is 11.8 Å². The van der Waals surface area contributed by atoms with Gasteiger partial charge in [0.25, 0.3) is 0 Å². The van der Waals surface area contributed by atoms with E-state index >= 15 is 0 Å². The topological polar surface area (TPSA) is 176 Å². The molecule has 0 saturated heterocycles. The van der Waals surface area contributed by atoms with Crippen molar-refractivity contribution in [3.05, 3.63) is 35.4 Å². The molecule has 1 aromatic carbocycles. The lowest BCUT2D eigenvalue weighted by Gasteiger charge is -2.22. The van der Waals surface area contributed by atoms with Gasteiger partial charge in [0.05, 0.1) is 26.4 Å². The highest BCUT2D eigenvalue weighted by Crippen LogP contribution is 2.21. The Hall–Kier alpha value is -2.18. The second kappa shape index (κ2) is 48.1. The van der Waals surface area contributed by atoms with Gasteiger partial charge in [-0.1, -0.05) is 95.1 Å². The molecule has 0 saturated carbocycles. The molecule has 0 atom stereocenters. The van der Waals surface area contributed by atoms with E-state index < -0.39 is 12.3 Å². The van der Waals surface area contributed by atoms with Gasteiger partial charge in [-0.05, 0) is 63.1 Å². The first-order chi connectivity index (χ1) is 33.7. The van der Waals surface area contributed by atoms with Crippen LogP contribution < -0.4 is 10.6 Å². The van der Waals surface area contributed by atoms with E-state index in [4.69, 9.17) is 37.9 Å². The van der Waals surface area contributed by atoms with Crippen LogP contribution in [0.5, 0.6) is 0 Å². The Balaban J connectivity index is 2.46. The highest BCUT2D eigenvalue weighted by molar-refractivity contribution is 8.77. The number of amides is 2. The Morgan fingerprint density at radius 3 is 1.35 bits per heavy atom. The van der Waals surface area contributed by atoms with E-state index in [0.29, 0.717) is 105 Å². The first-order valence-corrected chi connectivity index (χ1v) is 29.8. The van der Waals surface area contributed by atoms with Crippen LogP contribution in [0.25, 0.3) is 0 Å². The summed E-state index contributed by atoms with van der Waals surface area (Å²) in [5.41, 5.74) is 2.59. The fraction of sp³-hybridized carbons (Fsp3) is 0.792. The summed E-state index contributed by atoms with van der Waals surface area (Å²) in [6.07, 6.45) is 4.68. The summed E-state index contributed by atoms with van der Waals surface area (Å²) in [6, 6.07) is 8.41. The number of hydrogen-bond acceptors (Lipinski definition) is 19. The van der Waals surface area contributed by atoms with Crippen molar-refractivity contribution in [2.24, 2.45) is 0 Å². The van der Waals surface area contributed by atoms with Crippen molar-refractivity contribution < 1.29 is 57.1 Å². The standard InChI is InChI=1S/C48H87N5O12S4/c1-6-29-58-41-60-33-23-52(25-35-64-47(56)62-31-8-3)27-39-68-66-37-18-49-45(54)16-21-51(20-12-15-44-14-11-10-13-43(44)5)22-17-46(55)50-19-38-67-69-40-28-53(24-34-61-42-59-30-7-2)26-36-65-48(57)63-32-9-4/h10-11,13-14H,6-9,12,15-42H2,1-5H3,(H,49,54)(H,50,55). The number of carbonyl (C=O) groups is 4. The zero-order valence-corrected chi connectivity index (χ0v) is 45.8. The fourth-order valence-electron chi connectivity index (χ4n) is 6.12. The molecule has 21 heteroatoms. The fourth-order valence-corrected chi connectivity index (χ4v) is 9.99. The van der Waals surface area contributed by atoms with Crippen molar-refractivity contribution in [2.75, 3.05) is 161 Å². The molecule has 1 rings (SSSR count). The molecule has 0 fully saturated rings. The molecule has 0 aliphatic heterocycles. The summed E-state index contributed by atoms with van der Waals surface area (Å²) in [5, 5.41) is 6.13. The predicted octanol–water partition coefficient (Wildman–Crippen LogP) is 7.54. The smallest absolute Gasteiger partial charge is 0.434 e. The number of carbonyl (C=O) groups excluding carboxylic acids is 4. The van der Waals surface area contributed by atoms with Crippen LogP contribution in [-0.2, 0) is 53.9 Å². The van der Waals surface area contributed by atoms with E-state index in [1.54, 1.807) is 43.2 Å². The number of hydrogen-bond donors (Lipinski definition) is 2. The van der Waals surface area contributed by atoms with E-state index in [9.17, 15) is 19.2 Å². The zero-order valence-electron chi connectivity index (χ0n) is 42.5. The lowest BCUT2D eigenvalue weighted by atomic mass is 10.0. The molecular formula is C48H87N5O12S4. The number of benzene rings is 1. The van der Waals surface area contributed by atoms with Crippen LogP contribution in [0, 0.1) is 6.92 Å². The molecule has 69 heavy (non-hydrogen) atoms. The number of nitrogens with one attached hydrogen (secondary N) is 2. The maximum Gasteiger partial charge on any atom is 0.508 e. The molecule has 0 aliphatic carbocycles. The van der Waals surface area contributed by atoms with Crippen molar-refractivity contribution in [3.63, 3.8) is 0 Å². The van der Waals surface area contributed by atoms with E-state index in [-0.39, 0.29) is 38.6 Å². The molecule has 17 nitrogen and oxygen atoms in total. The van der Waals surface area contributed by atoms with Gasteiger partial charge in [-0.3, -0.25) is 19.4 Å². The molecule has 0 spiro atoms. The summed E-state index contributed by atoms with van der Waals surface area (Å²) < 4.78 is 42.5. The van der Waals surface area contributed by atoms with E-state index in [2.05, 4.69) is 70.4 Å². The van der Waals surface area contributed by atoms with Crippen LogP contribution >= 0.6 is 43.2 Å². The molecular weight excluding hydrogens is 967 g/mol. The van der Waals surface area contributed by atoms with Gasteiger partial charge in [-0.25, -0.2) is 9.59 Å². The monoisotopic (exact) mass is 1050 g/mol. The number of rotatable bonds is 48. The predicted molar refractivity (Wildman–Crippen MR) is 283 cm³/mol. The Bertz CT molecular complexity index is 1340. The Kier molecular flexibility index (Phi) is 45.2. The van der Waals surface area contributed by atoms with Gasteiger partial charge >= 0.3 is 12.3 Å². The average molecular weight is 1050 g/mol. The first kappa shape index (κ1) is 64.8. The van der Waals surface area contributed by atoms with Crippen molar-refractivity contribution in [1.82, 2.24) is 25.3 Å². The van der Waals surface area contributed by atoms with Gasteiger partial charge in [0.15, 0.2) is 0 Å². The lowest BCUT2D eigenvalue weighted by molar-refractivity contribution is -0.121. The summed E-state index contributed by atoms with van der Waals surface area (Å²) in [5.74, 6) is 3.27. The Morgan fingerprint density at radius 1 is 0.478 bits per heavy atom. The zero-order chi connectivity index (χ0) is 50.3. The maximum absolute atomic E-state index is 12.9. The SMILES string of the molecule is CCCOCOCCN(CCOC(=O)OCCC)CCSSCCNC(=O)CCN(CCCc1ccccc1C)CCC(=O)NCCSSCCN(CCOCOCCC)CCOC(=O)OCCC. The van der Waals surface area contributed by atoms with Crippen molar-refractivity contribution in [2.45, 2.75) is 86.0 Å². The summed E-state index contributed by atoms with van der Waals surface area (Å²) in [6.45, 7) is 21.3. The van der Waals surface area contributed by atoms with Crippen LogP contribution in [0.2, 0.25) is 0 Å². The Labute approximate surface area is 430 Å². The molecule has 0 radical (unpaired) electrons. The minimum Gasteiger partial charge on any atom is -0.434 e. The third-order valence-electron chi connectivity index (χ3n) is 9.89. The Morgan fingerprint density at radius 2 is 0.884 bits per heavy atom. The van der Waals surface area contributed by atoms with Gasteiger partial charge in [-0.2, -0.15) is 0 Å². The highest BCUT2D eigenvalue weighted by atomic mass is 33.1. The molecule has 1 aromatic rings. The molecule has 0 aromatic heterocycles. The van der Waals surface area contributed by atoms with Gasteiger partial charge in [-0.15, -0.1) is 0 Å². The van der Waals surface area contributed by atoms with E-state index in [1.807, 2.05) is 13.8 Å². The van der Waals surface area contributed by atoms with Crippen molar-refractivity contribution in [3.8, 4) is 0 Å². The molecule has 0 aliphatic rings. The normalized spacial score (nSPS) is 11.4. The van der Waals surface area contributed by atoms with Crippen LogP contribution in [0.4, 0.5) is 9.59 Å². The maximum atomic E-state index is 12.9. The molecule has 0 unspecified atom stereocenters. The van der Waals surface area contributed by atoms with E-state index in [1.165, 1.54) is 11.1 Å². The van der Waals surface area contributed by atoms with Crippen LogP contribution in [-0.4, -0.2) is 200 Å².